The predicted molar refractivity (Wildman–Crippen MR) is 99.0 cm³/mol. The molecule has 2 aromatic rings. The van der Waals surface area contributed by atoms with Crippen LogP contribution in [0.4, 0.5) is 11.5 Å². The van der Waals surface area contributed by atoms with Crippen molar-refractivity contribution in [2.45, 2.75) is 13.0 Å². The minimum absolute atomic E-state index is 0.373. The molecule has 1 N–H and O–H groups in total. The lowest BCUT2D eigenvalue weighted by Gasteiger charge is -2.37. The normalized spacial score (nSPS) is 16.7. The van der Waals surface area contributed by atoms with Gasteiger partial charge >= 0.3 is 0 Å². The Morgan fingerprint density at radius 1 is 1.08 bits per heavy atom. The number of nitrogens with zero attached hydrogens (tertiary/aromatic N) is 3. The summed E-state index contributed by atoms with van der Waals surface area (Å²) >= 11 is 0. The van der Waals surface area contributed by atoms with Gasteiger partial charge in [-0.15, -0.1) is 0 Å². The van der Waals surface area contributed by atoms with E-state index in [2.05, 4.69) is 39.2 Å². The molecule has 2 heterocycles. The van der Waals surface area contributed by atoms with Gasteiger partial charge in [-0.3, -0.25) is 4.90 Å². The Morgan fingerprint density at radius 2 is 1.83 bits per heavy atom. The van der Waals surface area contributed by atoms with Crippen molar-refractivity contribution in [1.82, 2.24) is 9.88 Å². The summed E-state index contributed by atoms with van der Waals surface area (Å²) in [6.45, 7) is 7.41. The number of methoxy groups -OCH3 is 1. The van der Waals surface area contributed by atoms with Crippen molar-refractivity contribution in [1.29, 1.82) is 0 Å². The Kier molecular flexibility index (Phi) is 5.54. The number of aromatic nitrogens is 1. The van der Waals surface area contributed by atoms with Gasteiger partial charge in [0.05, 0.1) is 12.8 Å². The molecule has 1 aromatic carbocycles. The average Bonchev–Trinajstić information content (AvgIpc) is 2.63. The SMILES string of the molecule is COc1ccccc1N1CCN(CC(C)Nc2ccccn2)CC1. The summed E-state index contributed by atoms with van der Waals surface area (Å²) in [5.41, 5.74) is 1.19. The van der Waals surface area contributed by atoms with Crippen LogP contribution in [0.15, 0.2) is 48.7 Å². The van der Waals surface area contributed by atoms with Gasteiger partial charge in [0.1, 0.15) is 11.6 Å². The molecular weight excluding hydrogens is 300 g/mol. The maximum Gasteiger partial charge on any atom is 0.142 e. The van der Waals surface area contributed by atoms with E-state index in [1.165, 1.54) is 5.69 Å². The van der Waals surface area contributed by atoms with Crippen molar-refractivity contribution in [2.24, 2.45) is 0 Å². The molecule has 1 aliphatic heterocycles. The van der Waals surface area contributed by atoms with Gasteiger partial charge in [-0.05, 0) is 31.2 Å². The Bertz CT molecular complexity index is 626. The van der Waals surface area contributed by atoms with E-state index in [-0.39, 0.29) is 0 Å². The summed E-state index contributed by atoms with van der Waals surface area (Å²) in [6.07, 6.45) is 1.82. The average molecular weight is 326 g/mol. The zero-order chi connectivity index (χ0) is 16.8. The fourth-order valence-electron chi connectivity index (χ4n) is 3.20. The van der Waals surface area contributed by atoms with Crippen LogP contribution in [0.1, 0.15) is 6.92 Å². The number of para-hydroxylation sites is 2. The standard InChI is InChI=1S/C19H26N4O/c1-16(21-19-9-5-6-10-20-19)15-22-11-13-23(14-12-22)17-7-3-4-8-18(17)24-2/h3-10,16H,11-15H2,1-2H3,(H,20,21). The quantitative estimate of drug-likeness (QED) is 0.884. The number of ether oxygens (including phenoxy) is 1. The van der Waals surface area contributed by atoms with Crippen molar-refractivity contribution >= 4 is 11.5 Å². The highest BCUT2D eigenvalue weighted by Crippen LogP contribution is 2.28. The summed E-state index contributed by atoms with van der Waals surface area (Å²) in [6, 6.07) is 14.6. The van der Waals surface area contributed by atoms with Crippen LogP contribution in [-0.2, 0) is 0 Å². The first-order valence-corrected chi connectivity index (χ1v) is 8.54. The summed E-state index contributed by atoms with van der Waals surface area (Å²) in [5.74, 6) is 1.90. The lowest BCUT2D eigenvalue weighted by Crippen LogP contribution is -2.49. The summed E-state index contributed by atoms with van der Waals surface area (Å²) in [7, 11) is 1.74. The van der Waals surface area contributed by atoms with Crippen LogP contribution in [0.2, 0.25) is 0 Å². The van der Waals surface area contributed by atoms with Gasteiger partial charge in [-0.2, -0.15) is 0 Å². The van der Waals surface area contributed by atoms with Crippen molar-refractivity contribution < 1.29 is 4.74 Å². The van der Waals surface area contributed by atoms with Crippen LogP contribution < -0.4 is 15.0 Å². The molecule has 0 aliphatic carbocycles. The third-order valence-electron chi connectivity index (χ3n) is 4.39. The fraction of sp³-hybridized carbons (Fsp3) is 0.421. The molecule has 3 rings (SSSR count). The third kappa shape index (κ3) is 4.17. The van der Waals surface area contributed by atoms with Gasteiger partial charge in [0.2, 0.25) is 0 Å². The van der Waals surface area contributed by atoms with Gasteiger partial charge in [-0.1, -0.05) is 18.2 Å². The van der Waals surface area contributed by atoms with Gasteiger partial charge in [0.25, 0.3) is 0 Å². The first-order chi connectivity index (χ1) is 11.8. The van der Waals surface area contributed by atoms with E-state index in [4.69, 9.17) is 4.74 Å². The minimum Gasteiger partial charge on any atom is -0.495 e. The number of anilines is 2. The number of hydrogen-bond acceptors (Lipinski definition) is 5. The number of hydrogen-bond donors (Lipinski definition) is 1. The second-order valence-corrected chi connectivity index (χ2v) is 6.22. The number of benzene rings is 1. The molecule has 1 atom stereocenters. The number of pyridine rings is 1. The van der Waals surface area contributed by atoms with E-state index >= 15 is 0 Å². The van der Waals surface area contributed by atoms with E-state index < -0.39 is 0 Å². The van der Waals surface area contributed by atoms with E-state index in [0.717, 1.165) is 44.3 Å². The molecule has 1 saturated heterocycles. The lowest BCUT2D eigenvalue weighted by atomic mass is 10.2. The van der Waals surface area contributed by atoms with Crippen LogP contribution in [0.25, 0.3) is 0 Å². The first-order valence-electron chi connectivity index (χ1n) is 8.54. The van der Waals surface area contributed by atoms with Crippen molar-refractivity contribution in [3.8, 4) is 5.75 Å². The van der Waals surface area contributed by atoms with E-state index in [1.807, 2.05) is 36.5 Å². The van der Waals surface area contributed by atoms with Crippen LogP contribution >= 0.6 is 0 Å². The van der Waals surface area contributed by atoms with Crippen molar-refractivity contribution in [2.75, 3.05) is 50.1 Å². The maximum atomic E-state index is 5.48. The molecular formula is C19H26N4O. The molecule has 5 nitrogen and oxygen atoms in total. The molecule has 0 saturated carbocycles. The first kappa shape index (κ1) is 16.6. The van der Waals surface area contributed by atoms with Crippen LogP contribution in [0, 0.1) is 0 Å². The zero-order valence-electron chi connectivity index (χ0n) is 14.5. The second-order valence-electron chi connectivity index (χ2n) is 6.22. The number of rotatable bonds is 6. The summed E-state index contributed by atoms with van der Waals surface area (Å²) in [5, 5.41) is 3.46. The Labute approximate surface area is 144 Å². The highest BCUT2D eigenvalue weighted by Gasteiger charge is 2.20. The fourth-order valence-corrected chi connectivity index (χ4v) is 3.20. The topological polar surface area (TPSA) is 40.6 Å². The Balaban J connectivity index is 1.50. The van der Waals surface area contributed by atoms with E-state index in [1.54, 1.807) is 7.11 Å². The van der Waals surface area contributed by atoms with Gasteiger partial charge in [0, 0.05) is 45.0 Å². The molecule has 24 heavy (non-hydrogen) atoms. The molecule has 1 fully saturated rings. The van der Waals surface area contributed by atoms with Crippen LogP contribution in [0.3, 0.4) is 0 Å². The molecule has 0 amide bonds. The summed E-state index contributed by atoms with van der Waals surface area (Å²) < 4.78 is 5.48. The number of piperazine rings is 1. The van der Waals surface area contributed by atoms with E-state index in [0.29, 0.717) is 6.04 Å². The summed E-state index contributed by atoms with van der Waals surface area (Å²) in [4.78, 5) is 9.25. The second kappa shape index (κ2) is 8.02. The van der Waals surface area contributed by atoms with Crippen LogP contribution in [-0.4, -0.2) is 55.8 Å². The third-order valence-corrected chi connectivity index (χ3v) is 4.39. The molecule has 1 aliphatic rings. The van der Waals surface area contributed by atoms with Crippen LogP contribution in [0.5, 0.6) is 5.75 Å². The molecule has 1 aromatic heterocycles. The Hall–Kier alpha value is -2.27. The molecule has 1 unspecified atom stereocenters. The van der Waals surface area contributed by atoms with Gasteiger partial charge in [0.15, 0.2) is 0 Å². The highest BCUT2D eigenvalue weighted by molar-refractivity contribution is 5.58. The maximum absolute atomic E-state index is 5.48. The van der Waals surface area contributed by atoms with Gasteiger partial charge in [-0.25, -0.2) is 4.98 Å². The molecule has 0 radical (unpaired) electrons. The number of nitrogens with one attached hydrogen (secondary N) is 1. The van der Waals surface area contributed by atoms with Gasteiger partial charge < -0.3 is 15.0 Å². The van der Waals surface area contributed by atoms with E-state index in [9.17, 15) is 0 Å². The van der Waals surface area contributed by atoms with Crippen molar-refractivity contribution in [3.63, 3.8) is 0 Å². The molecule has 5 heteroatoms. The molecule has 0 spiro atoms. The van der Waals surface area contributed by atoms with Crippen molar-refractivity contribution in [3.05, 3.63) is 48.7 Å². The lowest BCUT2D eigenvalue weighted by molar-refractivity contribution is 0.250. The molecule has 128 valence electrons. The molecule has 0 bridgehead atoms. The minimum atomic E-state index is 0.373. The smallest absolute Gasteiger partial charge is 0.142 e. The monoisotopic (exact) mass is 326 g/mol. The Morgan fingerprint density at radius 3 is 2.54 bits per heavy atom. The zero-order valence-corrected chi connectivity index (χ0v) is 14.5. The highest BCUT2D eigenvalue weighted by atomic mass is 16.5. The predicted octanol–water partition coefficient (Wildman–Crippen LogP) is 2.71. The largest absolute Gasteiger partial charge is 0.495 e.